The van der Waals surface area contributed by atoms with Crippen LogP contribution in [0.4, 0.5) is 4.79 Å². The van der Waals surface area contributed by atoms with Crippen molar-refractivity contribution in [2.75, 3.05) is 19.8 Å². The lowest BCUT2D eigenvalue weighted by atomic mass is 9.87. The summed E-state index contributed by atoms with van der Waals surface area (Å²) < 4.78 is 16.0. The van der Waals surface area contributed by atoms with Crippen LogP contribution >= 0.6 is 0 Å². The van der Waals surface area contributed by atoms with Crippen LogP contribution in [-0.2, 0) is 23.8 Å². The van der Waals surface area contributed by atoms with Crippen LogP contribution < -0.4 is 10.6 Å². The summed E-state index contributed by atoms with van der Waals surface area (Å²) in [7, 11) is 0. The molecule has 0 unspecified atom stereocenters. The van der Waals surface area contributed by atoms with Crippen LogP contribution in [0.5, 0.6) is 0 Å². The molecule has 0 aromatic carbocycles. The van der Waals surface area contributed by atoms with E-state index in [0.29, 0.717) is 12.2 Å². The second-order valence-electron chi connectivity index (χ2n) is 6.52. The molecule has 0 aromatic rings. The lowest BCUT2D eigenvalue weighted by Gasteiger charge is -2.37. The zero-order chi connectivity index (χ0) is 20.9. The second kappa shape index (κ2) is 12.9. The Bertz CT molecular complexity index is 575. The summed E-state index contributed by atoms with van der Waals surface area (Å²) in [6.45, 7) is 9.49. The molecule has 2 amide bonds. The van der Waals surface area contributed by atoms with Gasteiger partial charge in [-0.05, 0) is 19.4 Å². The van der Waals surface area contributed by atoms with E-state index in [2.05, 4.69) is 24.1 Å². The van der Waals surface area contributed by atoms with Gasteiger partial charge in [-0.25, -0.2) is 9.59 Å². The maximum Gasteiger partial charge on any atom is 0.407 e. The predicted molar refractivity (Wildman–Crippen MR) is 105 cm³/mol. The maximum absolute atomic E-state index is 12.3. The molecule has 158 valence electrons. The average Bonchev–Trinajstić information content (AvgIpc) is 2.65. The highest BCUT2D eigenvalue weighted by molar-refractivity contribution is 5.89. The van der Waals surface area contributed by atoms with Crippen molar-refractivity contribution in [1.82, 2.24) is 10.6 Å². The van der Waals surface area contributed by atoms with Gasteiger partial charge in [-0.15, -0.1) is 0 Å². The van der Waals surface area contributed by atoms with Gasteiger partial charge in [0, 0.05) is 25.5 Å². The molecule has 28 heavy (non-hydrogen) atoms. The van der Waals surface area contributed by atoms with Crippen LogP contribution in [0.25, 0.3) is 0 Å². The van der Waals surface area contributed by atoms with Gasteiger partial charge in [0.05, 0.1) is 24.8 Å². The average molecular weight is 396 g/mol. The monoisotopic (exact) mass is 396 g/mol. The first-order valence-corrected chi connectivity index (χ1v) is 9.73. The minimum absolute atomic E-state index is 0.0564. The summed E-state index contributed by atoms with van der Waals surface area (Å²) >= 11 is 0. The summed E-state index contributed by atoms with van der Waals surface area (Å²) in [6.07, 6.45) is 5.03. The van der Waals surface area contributed by atoms with Crippen LogP contribution in [-0.4, -0.2) is 56.0 Å². The van der Waals surface area contributed by atoms with Crippen LogP contribution in [0.3, 0.4) is 0 Å². The zero-order valence-corrected chi connectivity index (χ0v) is 17.0. The van der Waals surface area contributed by atoms with Gasteiger partial charge < -0.3 is 24.8 Å². The minimum atomic E-state index is -0.657. The first kappa shape index (κ1) is 23.7. The number of hydrogen-bond donors (Lipinski definition) is 2. The van der Waals surface area contributed by atoms with Crippen molar-refractivity contribution in [2.24, 2.45) is 0 Å². The van der Waals surface area contributed by atoms with Gasteiger partial charge in [-0.1, -0.05) is 32.4 Å². The number of esters is 1. The van der Waals surface area contributed by atoms with Crippen LogP contribution in [0.15, 0.2) is 24.3 Å². The first-order chi connectivity index (χ1) is 13.4. The Kier molecular flexibility index (Phi) is 10.9. The quantitative estimate of drug-likeness (QED) is 0.315. The van der Waals surface area contributed by atoms with Crippen molar-refractivity contribution in [3.8, 4) is 0 Å². The number of nitrogens with one attached hydrogen (secondary N) is 2. The number of carbonyl (C=O) groups excluding carboxylic acids is 3. The third-order valence-corrected chi connectivity index (χ3v) is 4.19. The highest BCUT2D eigenvalue weighted by Gasteiger charge is 2.38. The summed E-state index contributed by atoms with van der Waals surface area (Å²) in [5, 5.41) is 5.54. The van der Waals surface area contributed by atoms with E-state index in [1.165, 1.54) is 13.0 Å². The number of hydrogen-bond acceptors (Lipinski definition) is 6. The lowest BCUT2D eigenvalue weighted by molar-refractivity contribution is -0.139. The molecule has 0 spiro atoms. The molecule has 0 radical (unpaired) electrons. The summed E-state index contributed by atoms with van der Waals surface area (Å²) in [6, 6.07) is -1.12. The molecule has 3 atom stereocenters. The van der Waals surface area contributed by atoms with E-state index in [-0.39, 0.29) is 25.5 Å². The van der Waals surface area contributed by atoms with Gasteiger partial charge in [0.1, 0.15) is 6.61 Å². The molecule has 1 aliphatic rings. The fraction of sp³-hybridized carbons (Fsp3) is 0.650. The van der Waals surface area contributed by atoms with Gasteiger partial charge in [0.15, 0.2) is 0 Å². The van der Waals surface area contributed by atoms with Gasteiger partial charge >= 0.3 is 12.1 Å². The molecular formula is C20H32N2O6. The molecule has 0 fully saturated rings. The largest absolute Gasteiger partial charge is 0.463 e. The van der Waals surface area contributed by atoms with E-state index in [4.69, 9.17) is 14.2 Å². The molecule has 1 aliphatic carbocycles. The van der Waals surface area contributed by atoms with E-state index in [9.17, 15) is 14.4 Å². The minimum Gasteiger partial charge on any atom is -0.463 e. The summed E-state index contributed by atoms with van der Waals surface area (Å²) in [5.41, 5.74) is 0.401. The van der Waals surface area contributed by atoms with Crippen LogP contribution in [0.2, 0.25) is 0 Å². The number of carbonyl (C=O) groups is 3. The number of unbranched alkanes of at least 4 members (excludes halogenated alkanes) is 2. The Morgan fingerprint density at radius 2 is 1.96 bits per heavy atom. The fourth-order valence-electron chi connectivity index (χ4n) is 2.95. The standard InChI is InChI=1S/C20H32N2O6/c1-5-8-9-11-27-17-13-15(19(24)26-7-3)12-16(18(17)21-14(4)23)22-20(25)28-10-6-2/h6,13,16-18H,2,5,7-12H2,1,3-4H3,(H,21,23)(H,22,25)/t16-,17+,18+/m0/s1. The van der Waals surface area contributed by atoms with Gasteiger partial charge in [-0.2, -0.15) is 0 Å². The molecule has 0 saturated carbocycles. The maximum atomic E-state index is 12.3. The molecule has 0 aliphatic heterocycles. The molecule has 1 rings (SSSR count). The number of amides is 2. The van der Waals surface area contributed by atoms with Crippen molar-refractivity contribution in [3.63, 3.8) is 0 Å². The highest BCUT2D eigenvalue weighted by atomic mass is 16.5. The predicted octanol–water partition coefficient (Wildman–Crippen LogP) is 2.24. The summed E-state index contributed by atoms with van der Waals surface area (Å²) in [5.74, 6) is -0.719. The Morgan fingerprint density at radius 3 is 2.57 bits per heavy atom. The number of alkyl carbamates (subject to hydrolysis) is 1. The molecular weight excluding hydrogens is 364 g/mol. The van der Waals surface area contributed by atoms with Crippen LogP contribution in [0.1, 0.15) is 46.5 Å². The Labute approximate surface area is 166 Å². The smallest absolute Gasteiger partial charge is 0.407 e. The molecule has 0 saturated heterocycles. The van der Waals surface area contributed by atoms with E-state index in [1.54, 1.807) is 13.0 Å². The molecule has 2 N–H and O–H groups in total. The molecule has 0 heterocycles. The Hall–Kier alpha value is -2.35. The summed E-state index contributed by atoms with van der Waals surface area (Å²) in [4.78, 5) is 36.0. The Morgan fingerprint density at radius 1 is 1.21 bits per heavy atom. The van der Waals surface area contributed by atoms with E-state index in [0.717, 1.165) is 19.3 Å². The van der Waals surface area contributed by atoms with Crippen LogP contribution in [0, 0.1) is 0 Å². The third-order valence-electron chi connectivity index (χ3n) is 4.19. The number of rotatable bonds is 11. The van der Waals surface area contributed by atoms with Crippen molar-refractivity contribution >= 4 is 18.0 Å². The second-order valence-corrected chi connectivity index (χ2v) is 6.52. The van der Waals surface area contributed by atoms with Crippen molar-refractivity contribution in [1.29, 1.82) is 0 Å². The van der Waals surface area contributed by atoms with Gasteiger partial charge in [0.25, 0.3) is 0 Å². The Balaban J connectivity index is 3.02. The number of ether oxygens (including phenoxy) is 3. The highest BCUT2D eigenvalue weighted by Crippen LogP contribution is 2.24. The lowest BCUT2D eigenvalue weighted by Crippen LogP contribution is -2.59. The van der Waals surface area contributed by atoms with Gasteiger partial charge in [-0.3, -0.25) is 4.79 Å². The third kappa shape index (κ3) is 8.12. The van der Waals surface area contributed by atoms with Gasteiger partial charge in [0.2, 0.25) is 5.91 Å². The van der Waals surface area contributed by atoms with Crippen molar-refractivity contribution < 1.29 is 28.6 Å². The van der Waals surface area contributed by atoms with E-state index in [1.807, 2.05) is 0 Å². The topological polar surface area (TPSA) is 103 Å². The molecule has 8 nitrogen and oxygen atoms in total. The normalized spacial score (nSPS) is 21.2. The fourth-order valence-corrected chi connectivity index (χ4v) is 2.95. The van der Waals surface area contributed by atoms with E-state index < -0.39 is 30.3 Å². The van der Waals surface area contributed by atoms with Crippen molar-refractivity contribution in [3.05, 3.63) is 24.3 Å². The molecule has 0 bridgehead atoms. The van der Waals surface area contributed by atoms with Crippen molar-refractivity contribution in [2.45, 2.75) is 64.6 Å². The van der Waals surface area contributed by atoms with E-state index >= 15 is 0 Å². The first-order valence-electron chi connectivity index (χ1n) is 9.73. The SMILES string of the molecule is C=CCOC(=O)N[C@H]1CC(C(=O)OCC)=C[C@@H](OCCCCC)[C@@H]1NC(C)=O. The molecule has 8 heteroatoms. The molecule has 0 aromatic heterocycles. The zero-order valence-electron chi connectivity index (χ0n) is 17.0.